The summed E-state index contributed by atoms with van der Waals surface area (Å²) in [5, 5.41) is 13.4. The molecule has 2 aromatic rings. The van der Waals surface area contributed by atoms with Crippen molar-refractivity contribution in [2.45, 2.75) is 25.0 Å². The Balaban J connectivity index is 1.61. The first-order valence-corrected chi connectivity index (χ1v) is 7.53. The number of rotatable bonds is 3. The zero-order valence-electron chi connectivity index (χ0n) is 10.8. The Labute approximate surface area is 117 Å². The Morgan fingerprint density at radius 3 is 2.58 bits per heavy atom. The summed E-state index contributed by atoms with van der Waals surface area (Å²) < 4.78 is 0. The van der Waals surface area contributed by atoms with Gasteiger partial charge in [0.15, 0.2) is 0 Å². The molecular formula is C15H18N2OS. The highest BCUT2D eigenvalue weighted by Crippen LogP contribution is 2.34. The van der Waals surface area contributed by atoms with Gasteiger partial charge in [0.05, 0.1) is 0 Å². The number of aromatic nitrogens is 1. The third kappa shape index (κ3) is 2.86. The summed E-state index contributed by atoms with van der Waals surface area (Å²) in [5.41, 5.74) is 0.628. The fourth-order valence-electron chi connectivity index (χ4n) is 2.59. The third-order valence-corrected chi connectivity index (χ3v) is 4.73. The molecule has 1 N–H and O–H groups in total. The van der Waals surface area contributed by atoms with Gasteiger partial charge in [0, 0.05) is 31.2 Å². The lowest BCUT2D eigenvalue weighted by atomic mass is 9.92. The zero-order chi connectivity index (χ0) is 13.1. The first-order chi connectivity index (χ1) is 9.26. The van der Waals surface area contributed by atoms with Crippen LogP contribution >= 0.6 is 11.3 Å². The molecule has 0 amide bonds. The SMILES string of the molecule is OC1(c2nccs2)CCN(Cc2ccccc2)CC1. The van der Waals surface area contributed by atoms with Crippen molar-refractivity contribution in [2.24, 2.45) is 0 Å². The maximum Gasteiger partial charge on any atom is 0.124 e. The normalized spacial score (nSPS) is 19.4. The largest absolute Gasteiger partial charge is 0.383 e. The predicted molar refractivity (Wildman–Crippen MR) is 77.0 cm³/mol. The molecule has 1 saturated heterocycles. The Bertz CT molecular complexity index is 504. The molecule has 4 heteroatoms. The predicted octanol–water partition coefficient (Wildman–Crippen LogP) is 2.63. The monoisotopic (exact) mass is 274 g/mol. The molecule has 0 spiro atoms. The number of thiazole rings is 1. The van der Waals surface area contributed by atoms with E-state index in [9.17, 15) is 5.11 Å². The number of piperidine rings is 1. The fourth-order valence-corrected chi connectivity index (χ4v) is 3.39. The minimum Gasteiger partial charge on any atom is -0.383 e. The van der Waals surface area contributed by atoms with Crippen LogP contribution in [0.25, 0.3) is 0 Å². The molecule has 0 radical (unpaired) electrons. The van der Waals surface area contributed by atoms with Crippen LogP contribution in [0.2, 0.25) is 0 Å². The highest BCUT2D eigenvalue weighted by Gasteiger charge is 2.35. The van der Waals surface area contributed by atoms with E-state index in [0.717, 1.165) is 37.5 Å². The van der Waals surface area contributed by atoms with Gasteiger partial charge in [-0.15, -0.1) is 11.3 Å². The summed E-state index contributed by atoms with van der Waals surface area (Å²) >= 11 is 1.55. The maximum atomic E-state index is 10.6. The van der Waals surface area contributed by atoms with Crippen LogP contribution in [-0.4, -0.2) is 28.1 Å². The maximum absolute atomic E-state index is 10.6. The highest BCUT2D eigenvalue weighted by atomic mass is 32.1. The van der Waals surface area contributed by atoms with Gasteiger partial charge in [-0.25, -0.2) is 4.98 Å². The number of benzene rings is 1. The summed E-state index contributed by atoms with van der Waals surface area (Å²) in [6.45, 7) is 2.81. The van der Waals surface area contributed by atoms with Crippen molar-refractivity contribution in [3.05, 3.63) is 52.5 Å². The second-order valence-corrected chi connectivity index (χ2v) is 6.03. The van der Waals surface area contributed by atoms with Crippen LogP contribution in [0.15, 0.2) is 41.9 Å². The number of hydrogen-bond donors (Lipinski definition) is 1. The van der Waals surface area contributed by atoms with E-state index in [0.29, 0.717) is 0 Å². The lowest BCUT2D eigenvalue weighted by Gasteiger charge is -2.36. The molecule has 0 atom stereocenters. The van der Waals surface area contributed by atoms with Gasteiger partial charge in [-0.2, -0.15) is 0 Å². The van der Waals surface area contributed by atoms with Crippen molar-refractivity contribution in [1.82, 2.24) is 9.88 Å². The molecule has 1 aromatic carbocycles. The molecule has 1 aliphatic heterocycles. The van der Waals surface area contributed by atoms with Crippen LogP contribution in [-0.2, 0) is 12.1 Å². The van der Waals surface area contributed by atoms with Crippen LogP contribution in [0, 0.1) is 0 Å². The molecule has 19 heavy (non-hydrogen) atoms. The van der Waals surface area contributed by atoms with E-state index in [-0.39, 0.29) is 0 Å². The van der Waals surface area contributed by atoms with E-state index in [1.54, 1.807) is 17.5 Å². The Hall–Kier alpha value is -1.23. The number of likely N-dealkylation sites (tertiary alicyclic amines) is 1. The lowest BCUT2D eigenvalue weighted by molar-refractivity contribution is -0.0278. The Morgan fingerprint density at radius 2 is 1.95 bits per heavy atom. The van der Waals surface area contributed by atoms with Gasteiger partial charge in [0.25, 0.3) is 0 Å². The van der Waals surface area contributed by atoms with E-state index >= 15 is 0 Å². The van der Waals surface area contributed by atoms with E-state index < -0.39 is 5.60 Å². The average Bonchev–Trinajstić information content (AvgIpc) is 2.98. The van der Waals surface area contributed by atoms with Gasteiger partial charge < -0.3 is 5.11 Å². The number of aliphatic hydroxyl groups is 1. The van der Waals surface area contributed by atoms with Crippen molar-refractivity contribution in [3.63, 3.8) is 0 Å². The molecule has 1 aliphatic rings. The summed E-state index contributed by atoms with van der Waals surface area (Å²) in [6, 6.07) is 10.5. The summed E-state index contributed by atoms with van der Waals surface area (Å²) in [5.74, 6) is 0. The molecule has 0 saturated carbocycles. The minimum absolute atomic E-state index is 0.707. The van der Waals surface area contributed by atoms with Crippen molar-refractivity contribution < 1.29 is 5.11 Å². The molecule has 3 nitrogen and oxygen atoms in total. The smallest absolute Gasteiger partial charge is 0.124 e. The zero-order valence-corrected chi connectivity index (χ0v) is 11.6. The van der Waals surface area contributed by atoms with Gasteiger partial charge in [0.2, 0.25) is 0 Å². The first kappa shape index (κ1) is 12.8. The molecule has 2 heterocycles. The number of hydrogen-bond acceptors (Lipinski definition) is 4. The molecule has 0 unspecified atom stereocenters. The van der Waals surface area contributed by atoms with Crippen LogP contribution in [0.5, 0.6) is 0 Å². The average molecular weight is 274 g/mol. The summed E-state index contributed by atoms with van der Waals surface area (Å²) in [4.78, 5) is 6.67. The van der Waals surface area contributed by atoms with Gasteiger partial charge in [-0.05, 0) is 18.4 Å². The van der Waals surface area contributed by atoms with E-state index in [2.05, 4.69) is 34.1 Å². The topological polar surface area (TPSA) is 36.4 Å². The van der Waals surface area contributed by atoms with E-state index in [4.69, 9.17) is 0 Å². The Kier molecular flexibility index (Phi) is 3.64. The highest BCUT2D eigenvalue weighted by molar-refractivity contribution is 7.09. The fraction of sp³-hybridized carbons (Fsp3) is 0.400. The van der Waals surface area contributed by atoms with Crippen LogP contribution in [0.4, 0.5) is 0 Å². The standard InChI is InChI=1S/C15H18N2OS/c18-15(14-16-8-11-19-14)6-9-17(10-7-15)12-13-4-2-1-3-5-13/h1-5,8,11,18H,6-7,9-10,12H2. The lowest BCUT2D eigenvalue weighted by Crippen LogP contribution is -2.42. The molecular weight excluding hydrogens is 256 g/mol. The van der Waals surface area contributed by atoms with Crippen molar-refractivity contribution in [3.8, 4) is 0 Å². The molecule has 3 rings (SSSR count). The van der Waals surface area contributed by atoms with Gasteiger partial charge >= 0.3 is 0 Å². The van der Waals surface area contributed by atoms with Gasteiger partial charge in [-0.3, -0.25) is 4.90 Å². The van der Waals surface area contributed by atoms with Crippen molar-refractivity contribution >= 4 is 11.3 Å². The number of nitrogens with zero attached hydrogens (tertiary/aromatic N) is 2. The third-order valence-electron chi connectivity index (χ3n) is 3.76. The van der Waals surface area contributed by atoms with Gasteiger partial charge in [0.1, 0.15) is 10.6 Å². The minimum atomic E-state index is -0.707. The van der Waals surface area contributed by atoms with E-state index in [1.165, 1.54) is 5.56 Å². The van der Waals surface area contributed by atoms with Crippen LogP contribution in [0.1, 0.15) is 23.4 Å². The van der Waals surface area contributed by atoms with Crippen LogP contribution in [0.3, 0.4) is 0 Å². The van der Waals surface area contributed by atoms with Gasteiger partial charge in [-0.1, -0.05) is 30.3 Å². The summed E-state index contributed by atoms with van der Waals surface area (Å²) in [7, 11) is 0. The molecule has 0 aliphatic carbocycles. The quantitative estimate of drug-likeness (QED) is 0.934. The Morgan fingerprint density at radius 1 is 1.21 bits per heavy atom. The second-order valence-electron chi connectivity index (χ2n) is 5.13. The molecule has 100 valence electrons. The second kappa shape index (κ2) is 5.41. The van der Waals surface area contributed by atoms with Crippen molar-refractivity contribution in [2.75, 3.05) is 13.1 Å². The summed E-state index contributed by atoms with van der Waals surface area (Å²) in [6.07, 6.45) is 3.31. The first-order valence-electron chi connectivity index (χ1n) is 6.65. The van der Waals surface area contributed by atoms with E-state index in [1.807, 2.05) is 11.4 Å². The molecule has 1 aromatic heterocycles. The van der Waals surface area contributed by atoms with Crippen LogP contribution < -0.4 is 0 Å². The molecule has 0 bridgehead atoms. The van der Waals surface area contributed by atoms with Crippen molar-refractivity contribution in [1.29, 1.82) is 0 Å². The molecule has 1 fully saturated rings.